The Morgan fingerprint density at radius 2 is 2.44 bits per heavy atom. The van der Waals surface area contributed by atoms with Crippen LogP contribution in [0.4, 0.5) is 0 Å². The lowest BCUT2D eigenvalue weighted by molar-refractivity contribution is -0.142. The third-order valence-electron chi connectivity index (χ3n) is 2.67. The van der Waals surface area contributed by atoms with Gasteiger partial charge in [-0.3, -0.25) is 9.69 Å². The van der Waals surface area contributed by atoms with Crippen molar-refractivity contribution in [2.45, 2.75) is 25.1 Å². The van der Waals surface area contributed by atoms with Gasteiger partial charge < -0.3 is 10.2 Å². The molecule has 1 saturated heterocycles. The monoisotopic (exact) mass is 305 g/mol. The second kappa shape index (κ2) is 4.83. The maximum absolute atomic E-state index is 11.0. The van der Waals surface area contributed by atoms with Gasteiger partial charge in [0.25, 0.3) is 0 Å². The van der Waals surface area contributed by atoms with E-state index in [1.807, 2.05) is 16.3 Å². The molecule has 1 aliphatic heterocycles. The molecule has 0 bridgehead atoms. The van der Waals surface area contributed by atoms with Gasteiger partial charge in [0.1, 0.15) is 6.04 Å². The van der Waals surface area contributed by atoms with Crippen molar-refractivity contribution in [3.63, 3.8) is 0 Å². The number of rotatable bonds is 3. The zero-order valence-electron chi connectivity index (χ0n) is 8.47. The summed E-state index contributed by atoms with van der Waals surface area (Å²) < 4.78 is 1.04. The van der Waals surface area contributed by atoms with Crippen LogP contribution in [-0.4, -0.2) is 39.8 Å². The van der Waals surface area contributed by atoms with Crippen LogP contribution >= 0.6 is 27.3 Å². The van der Waals surface area contributed by atoms with Crippen LogP contribution in [0.5, 0.6) is 0 Å². The van der Waals surface area contributed by atoms with Crippen LogP contribution in [0.3, 0.4) is 0 Å². The third-order valence-corrected chi connectivity index (χ3v) is 4.23. The number of carboxylic acids is 1. The van der Waals surface area contributed by atoms with E-state index in [0.29, 0.717) is 19.5 Å². The van der Waals surface area contributed by atoms with Crippen molar-refractivity contribution in [1.29, 1.82) is 0 Å². The second-order valence-corrected chi connectivity index (χ2v) is 6.22. The Balaban J connectivity index is 2.05. The van der Waals surface area contributed by atoms with E-state index < -0.39 is 18.1 Å². The molecule has 0 aliphatic carbocycles. The van der Waals surface area contributed by atoms with Crippen molar-refractivity contribution in [3.05, 3.63) is 20.8 Å². The van der Waals surface area contributed by atoms with Crippen LogP contribution < -0.4 is 0 Å². The molecule has 1 aromatic rings. The number of carboxylic acid groups (broad SMARTS) is 1. The minimum absolute atomic E-state index is 0.320. The molecule has 2 unspecified atom stereocenters. The first-order valence-corrected chi connectivity index (χ1v) is 6.61. The molecule has 0 radical (unpaired) electrons. The Morgan fingerprint density at radius 1 is 1.69 bits per heavy atom. The molecular weight excluding hydrogens is 294 g/mol. The molecule has 0 aromatic carbocycles. The van der Waals surface area contributed by atoms with Crippen LogP contribution in [0.25, 0.3) is 0 Å². The predicted octanol–water partition coefficient (Wildman–Crippen LogP) is 1.53. The fourth-order valence-corrected chi connectivity index (χ4v) is 3.17. The molecule has 1 aromatic heterocycles. The van der Waals surface area contributed by atoms with Crippen LogP contribution in [0.1, 0.15) is 12.0 Å². The van der Waals surface area contributed by atoms with Crippen LogP contribution in [-0.2, 0) is 11.3 Å². The topological polar surface area (TPSA) is 60.8 Å². The molecule has 0 saturated carbocycles. The smallest absolute Gasteiger partial charge is 0.321 e. The minimum Gasteiger partial charge on any atom is -0.480 e. The van der Waals surface area contributed by atoms with Crippen molar-refractivity contribution >= 4 is 33.2 Å². The summed E-state index contributed by atoms with van der Waals surface area (Å²) in [5.41, 5.74) is 1.08. The van der Waals surface area contributed by atoms with Gasteiger partial charge in [-0.15, -0.1) is 11.3 Å². The molecule has 4 nitrogen and oxygen atoms in total. The first-order valence-electron chi connectivity index (χ1n) is 4.94. The average molecular weight is 306 g/mol. The van der Waals surface area contributed by atoms with Crippen molar-refractivity contribution in [2.75, 3.05) is 6.54 Å². The Kier molecular flexibility index (Phi) is 3.63. The summed E-state index contributed by atoms with van der Waals surface area (Å²) in [6.45, 7) is 1.01. The molecule has 16 heavy (non-hydrogen) atoms. The van der Waals surface area contributed by atoms with Crippen LogP contribution in [0.2, 0.25) is 0 Å². The van der Waals surface area contributed by atoms with Gasteiger partial charge in [0.15, 0.2) is 0 Å². The number of hydrogen-bond acceptors (Lipinski definition) is 4. The first kappa shape index (κ1) is 12.0. The van der Waals surface area contributed by atoms with Crippen molar-refractivity contribution in [3.8, 4) is 0 Å². The summed E-state index contributed by atoms with van der Waals surface area (Å²) in [6, 6.07) is 1.42. The normalized spacial score (nSPS) is 26.1. The number of hydrogen-bond donors (Lipinski definition) is 2. The molecular formula is C10H12BrNO3S. The summed E-state index contributed by atoms with van der Waals surface area (Å²) in [7, 11) is 0. The Bertz CT molecular complexity index is 395. The highest BCUT2D eigenvalue weighted by Gasteiger charge is 2.35. The molecule has 6 heteroatoms. The number of carbonyl (C=O) groups is 1. The summed E-state index contributed by atoms with van der Waals surface area (Å²) in [4.78, 5) is 12.8. The first-order chi connectivity index (χ1) is 7.56. The van der Waals surface area contributed by atoms with Gasteiger partial charge in [-0.25, -0.2) is 0 Å². The maximum Gasteiger partial charge on any atom is 0.321 e. The number of thiophene rings is 1. The molecule has 0 amide bonds. The highest BCUT2D eigenvalue weighted by molar-refractivity contribution is 9.11. The molecule has 1 aliphatic rings. The van der Waals surface area contributed by atoms with Crippen LogP contribution in [0, 0.1) is 0 Å². The fourth-order valence-electron chi connectivity index (χ4n) is 1.97. The summed E-state index contributed by atoms with van der Waals surface area (Å²) in [6.07, 6.45) is -0.205. The lowest BCUT2D eigenvalue weighted by Crippen LogP contribution is -2.35. The molecule has 2 atom stereocenters. The molecule has 1 fully saturated rings. The minimum atomic E-state index is -0.856. The van der Waals surface area contributed by atoms with Gasteiger partial charge in [0.2, 0.25) is 0 Å². The third kappa shape index (κ3) is 2.63. The number of aliphatic hydroxyl groups is 1. The van der Waals surface area contributed by atoms with Gasteiger partial charge in [0, 0.05) is 19.5 Å². The summed E-state index contributed by atoms with van der Waals surface area (Å²) in [5, 5.41) is 20.5. The van der Waals surface area contributed by atoms with E-state index in [9.17, 15) is 9.90 Å². The van der Waals surface area contributed by atoms with Crippen molar-refractivity contribution < 1.29 is 15.0 Å². The Hall–Kier alpha value is -0.430. The fraction of sp³-hybridized carbons (Fsp3) is 0.500. The SMILES string of the molecule is O=C(O)C1CC(O)CN1Cc1csc(Br)c1. The number of halogens is 1. The van der Waals surface area contributed by atoms with Crippen LogP contribution in [0.15, 0.2) is 15.2 Å². The standard InChI is InChI=1S/C10H12BrNO3S/c11-9-1-6(5-16-9)3-12-4-7(13)2-8(12)10(14)15/h1,5,7-8,13H,2-4H2,(H,14,15). The number of likely N-dealkylation sites (tertiary alicyclic amines) is 1. The molecule has 2 heterocycles. The zero-order valence-corrected chi connectivity index (χ0v) is 10.9. The zero-order chi connectivity index (χ0) is 11.7. The van der Waals surface area contributed by atoms with Crippen molar-refractivity contribution in [2.24, 2.45) is 0 Å². The van der Waals surface area contributed by atoms with Gasteiger partial charge in [-0.2, -0.15) is 0 Å². The highest BCUT2D eigenvalue weighted by Crippen LogP contribution is 2.25. The van der Waals surface area contributed by atoms with Gasteiger partial charge in [-0.1, -0.05) is 0 Å². The number of aliphatic hydroxyl groups excluding tert-OH is 1. The van der Waals surface area contributed by atoms with Crippen molar-refractivity contribution in [1.82, 2.24) is 4.90 Å². The quantitative estimate of drug-likeness (QED) is 0.889. The largest absolute Gasteiger partial charge is 0.480 e. The molecule has 88 valence electrons. The van der Waals surface area contributed by atoms with E-state index in [1.165, 1.54) is 0 Å². The summed E-state index contributed by atoms with van der Waals surface area (Å²) in [5.74, 6) is -0.856. The van der Waals surface area contributed by atoms with E-state index in [4.69, 9.17) is 5.11 Å². The molecule has 2 rings (SSSR count). The van der Waals surface area contributed by atoms with Gasteiger partial charge in [0.05, 0.1) is 9.89 Å². The van der Waals surface area contributed by atoms with E-state index in [2.05, 4.69) is 15.9 Å². The van der Waals surface area contributed by atoms with E-state index >= 15 is 0 Å². The predicted molar refractivity (Wildman–Crippen MR) is 64.5 cm³/mol. The molecule has 0 spiro atoms. The summed E-state index contributed by atoms with van der Waals surface area (Å²) >= 11 is 4.95. The van der Waals surface area contributed by atoms with Gasteiger partial charge in [-0.05, 0) is 32.9 Å². The average Bonchev–Trinajstić information content (AvgIpc) is 2.74. The lowest BCUT2D eigenvalue weighted by atomic mass is 10.2. The Labute approximate surface area is 106 Å². The Morgan fingerprint density at radius 3 is 3.00 bits per heavy atom. The van der Waals surface area contributed by atoms with E-state index in [0.717, 1.165) is 9.35 Å². The van der Waals surface area contributed by atoms with Gasteiger partial charge >= 0.3 is 5.97 Å². The highest BCUT2D eigenvalue weighted by atomic mass is 79.9. The second-order valence-electron chi connectivity index (χ2n) is 3.93. The molecule has 2 N–H and O–H groups in total. The number of β-amino-alcohol motifs (C(OH)–C–C–N with tert-alkyl or cyclic N) is 1. The maximum atomic E-state index is 11.0. The van der Waals surface area contributed by atoms with E-state index in [-0.39, 0.29) is 0 Å². The van der Waals surface area contributed by atoms with E-state index in [1.54, 1.807) is 11.3 Å². The number of aliphatic carboxylic acids is 1. The lowest BCUT2D eigenvalue weighted by Gasteiger charge is -2.19. The number of nitrogens with zero attached hydrogens (tertiary/aromatic N) is 1.